The number of nitriles is 1. The number of carbonyl (C=O) groups is 3. The number of thiazole rings is 1. The zero-order valence-electron chi connectivity index (χ0n) is 22.7. The number of likely N-dealkylation sites (tertiary alicyclic amines) is 1. The number of aldehydes is 1. The van der Waals surface area contributed by atoms with Crippen LogP contribution in [0.25, 0.3) is 10.4 Å². The maximum Gasteiger partial charge on any atom is 0.241 e. The van der Waals surface area contributed by atoms with Crippen molar-refractivity contribution in [2.75, 3.05) is 13.6 Å². The number of nitrogens with zero attached hydrogens (tertiary/aromatic N) is 3. The second-order valence-corrected chi connectivity index (χ2v) is 12.0. The molecule has 38 heavy (non-hydrogen) atoms. The van der Waals surface area contributed by atoms with E-state index in [1.54, 1.807) is 22.9 Å². The van der Waals surface area contributed by atoms with Gasteiger partial charge in [0.2, 0.25) is 11.8 Å². The van der Waals surface area contributed by atoms with E-state index in [1.165, 1.54) is 0 Å². The fourth-order valence-corrected chi connectivity index (χ4v) is 5.03. The molecule has 2 atom stereocenters. The summed E-state index contributed by atoms with van der Waals surface area (Å²) in [6.45, 7) is 8.88. The van der Waals surface area contributed by atoms with Gasteiger partial charge < -0.3 is 20.5 Å². The molecule has 1 saturated carbocycles. The molecule has 2 unspecified atom stereocenters. The number of likely N-dealkylation sites (N-methyl/N-ethyl adjacent to an activating group) is 1. The predicted octanol–water partition coefficient (Wildman–Crippen LogP) is 3.55. The Morgan fingerprint density at radius 3 is 2.55 bits per heavy atom. The topological polar surface area (TPSA) is 135 Å². The first-order valence-corrected chi connectivity index (χ1v) is 13.7. The third kappa shape index (κ3) is 6.97. The molecule has 0 spiro atoms. The molecule has 1 aromatic heterocycles. The van der Waals surface area contributed by atoms with Crippen LogP contribution >= 0.6 is 11.3 Å². The molecule has 10 heteroatoms. The Morgan fingerprint density at radius 2 is 2.08 bits per heavy atom. The Labute approximate surface area is 228 Å². The van der Waals surface area contributed by atoms with Crippen molar-refractivity contribution in [2.24, 2.45) is 10.8 Å². The number of phenolic OH excluding ortho intramolecular Hbond substituents is 1. The average molecular weight is 540 g/mol. The molecule has 0 radical (unpaired) electrons. The van der Waals surface area contributed by atoms with Crippen LogP contribution in [0.4, 0.5) is 0 Å². The molecule has 0 bridgehead atoms. The SMILES string of the molecule is CC(C)(C)C(C=O)NC(=O)C1(C#N)CC1.Cc1ncsc1-c1ccc(CNC(=O)C2CCCN2C)c(O)c1. The molecule has 1 aliphatic carbocycles. The molecule has 2 fully saturated rings. The van der Waals surface area contributed by atoms with Crippen molar-refractivity contribution in [3.63, 3.8) is 0 Å². The number of rotatable bonds is 7. The molecule has 2 amide bonds. The summed E-state index contributed by atoms with van der Waals surface area (Å²) >= 11 is 1.56. The zero-order chi connectivity index (χ0) is 28.1. The molecule has 204 valence electrons. The van der Waals surface area contributed by atoms with E-state index < -0.39 is 11.5 Å². The van der Waals surface area contributed by atoms with Gasteiger partial charge in [0.1, 0.15) is 17.5 Å². The van der Waals surface area contributed by atoms with Crippen molar-refractivity contribution in [3.05, 3.63) is 35.0 Å². The van der Waals surface area contributed by atoms with Crippen LogP contribution in [-0.2, 0) is 20.9 Å². The van der Waals surface area contributed by atoms with Crippen molar-refractivity contribution >= 4 is 29.4 Å². The molecule has 9 nitrogen and oxygen atoms in total. The monoisotopic (exact) mass is 539 g/mol. The lowest BCUT2D eigenvalue weighted by Crippen LogP contribution is -2.47. The van der Waals surface area contributed by atoms with E-state index in [-0.39, 0.29) is 29.0 Å². The normalized spacial score (nSPS) is 18.9. The number of aromatic nitrogens is 1. The van der Waals surface area contributed by atoms with Crippen LogP contribution in [0.1, 0.15) is 57.7 Å². The van der Waals surface area contributed by atoms with Gasteiger partial charge in [-0.05, 0) is 63.2 Å². The van der Waals surface area contributed by atoms with E-state index in [0.29, 0.717) is 19.4 Å². The lowest BCUT2D eigenvalue weighted by atomic mass is 9.87. The molecule has 4 rings (SSSR count). The van der Waals surface area contributed by atoms with Gasteiger partial charge >= 0.3 is 0 Å². The lowest BCUT2D eigenvalue weighted by Gasteiger charge is -2.27. The van der Waals surface area contributed by atoms with Crippen molar-refractivity contribution < 1.29 is 19.5 Å². The molecule has 1 aliphatic heterocycles. The number of nitrogens with one attached hydrogen (secondary N) is 2. The van der Waals surface area contributed by atoms with Crippen molar-refractivity contribution in [1.82, 2.24) is 20.5 Å². The van der Waals surface area contributed by atoms with Gasteiger partial charge in [0.15, 0.2) is 0 Å². The Bertz CT molecular complexity index is 1210. The molecule has 1 aromatic carbocycles. The molecule has 3 N–H and O–H groups in total. The smallest absolute Gasteiger partial charge is 0.241 e. The van der Waals surface area contributed by atoms with Gasteiger partial charge in [0.25, 0.3) is 0 Å². The van der Waals surface area contributed by atoms with E-state index in [1.807, 2.05) is 52.9 Å². The molecular weight excluding hydrogens is 502 g/mol. The summed E-state index contributed by atoms with van der Waals surface area (Å²) in [5.74, 6) is -0.0702. The molecule has 2 aromatic rings. The van der Waals surface area contributed by atoms with Gasteiger partial charge in [0, 0.05) is 12.1 Å². The van der Waals surface area contributed by atoms with Crippen molar-refractivity contribution in [3.8, 4) is 22.3 Å². The summed E-state index contributed by atoms with van der Waals surface area (Å²) in [7, 11) is 1.97. The number of amides is 2. The summed E-state index contributed by atoms with van der Waals surface area (Å²) in [6, 6.07) is 6.99. The van der Waals surface area contributed by atoms with E-state index in [4.69, 9.17) is 5.26 Å². The number of benzene rings is 1. The number of hydrogen-bond donors (Lipinski definition) is 3. The summed E-state index contributed by atoms with van der Waals surface area (Å²) in [5, 5.41) is 24.6. The van der Waals surface area contributed by atoms with Crippen LogP contribution in [0.3, 0.4) is 0 Å². The highest BCUT2D eigenvalue weighted by Crippen LogP contribution is 2.45. The van der Waals surface area contributed by atoms with Crippen LogP contribution < -0.4 is 10.6 Å². The first kappa shape index (κ1) is 29.3. The molecule has 1 saturated heterocycles. The van der Waals surface area contributed by atoms with Crippen molar-refractivity contribution in [1.29, 1.82) is 5.26 Å². The summed E-state index contributed by atoms with van der Waals surface area (Å²) in [4.78, 5) is 42.1. The van der Waals surface area contributed by atoms with Gasteiger partial charge in [-0.25, -0.2) is 4.98 Å². The lowest BCUT2D eigenvalue weighted by molar-refractivity contribution is -0.128. The second-order valence-electron chi connectivity index (χ2n) is 11.1. The highest BCUT2D eigenvalue weighted by atomic mass is 32.1. The maximum absolute atomic E-state index is 12.2. The van der Waals surface area contributed by atoms with Crippen LogP contribution in [0.15, 0.2) is 23.7 Å². The molecular formula is C28H37N5O4S. The van der Waals surface area contributed by atoms with Crippen LogP contribution in [-0.4, -0.2) is 58.8 Å². The maximum atomic E-state index is 12.2. The summed E-state index contributed by atoms with van der Waals surface area (Å²) in [5.41, 5.74) is 3.27. The van der Waals surface area contributed by atoms with E-state index >= 15 is 0 Å². The predicted molar refractivity (Wildman–Crippen MR) is 146 cm³/mol. The number of aryl methyl sites for hydroxylation is 1. The minimum absolute atomic E-state index is 0.0341. The fraction of sp³-hybridized carbons (Fsp3) is 0.536. The number of hydrogen-bond acceptors (Lipinski definition) is 8. The molecule has 2 heterocycles. The average Bonchev–Trinajstić information content (AvgIpc) is 3.38. The minimum Gasteiger partial charge on any atom is -0.508 e. The van der Waals surface area contributed by atoms with Crippen LogP contribution in [0, 0.1) is 29.1 Å². The quantitative estimate of drug-likeness (QED) is 0.458. The second kappa shape index (κ2) is 12.0. The largest absolute Gasteiger partial charge is 0.508 e. The zero-order valence-corrected chi connectivity index (χ0v) is 23.5. The first-order valence-electron chi connectivity index (χ1n) is 12.8. The first-order chi connectivity index (χ1) is 17.9. The Hall–Kier alpha value is -3.29. The van der Waals surface area contributed by atoms with Crippen LogP contribution in [0.5, 0.6) is 5.75 Å². The van der Waals surface area contributed by atoms with Crippen molar-refractivity contribution in [2.45, 2.75) is 72.0 Å². The number of carbonyl (C=O) groups excluding carboxylic acids is 3. The third-order valence-electron chi connectivity index (χ3n) is 7.12. The van der Waals surface area contributed by atoms with Gasteiger partial charge in [-0.15, -0.1) is 11.3 Å². The highest BCUT2D eigenvalue weighted by Gasteiger charge is 2.51. The fourth-order valence-electron chi connectivity index (χ4n) is 4.22. The Morgan fingerprint density at radius 1 is 1.37 bits per heavy atom. The summed E-state index contributed by atoms with van der Waals surface area (Å²) < 4.78 is 0. The highest BCUT2D eigenvalue weighted by molar-refractivity contribution is 7.13. The Kier molecular flexibility index (Phi) is 9.28. The number of phenols is 1. The van der Waals surface area contributed by atoms with Crippen LogP contribution in [0.2, 0.25) is 0 Å². The van der Waals surface area contributed by atoms with E-state index in [2.05, 4.69) is 20.5 Å². The van der Waals surface area contributed by atoms with Gasteiger partial charge in [-0.2, -0.15) is 5.26 Å². The third-order valence-corrected chi connectivity index (χ3v) is 8.10. The van der Waals surface area contributed by atoms with E-state index in [9.17, 15) is 19.5 Å². The Balaban J connectivity index is 0.000000232. The standard InChI is InChI=1S/C17H21N3O2S.C11H16N2O2/c1-11-16(23-10-19-11)12-5-6-13(15(21)8-12)9-18-17(22)14-4-3-7-20(14)2;1-10(2,3)8(6-14)13-9(15)11(7-12)4-5-11/h5-6,8,10,14,21H,3-4,7,9H2,1-2H3,(H,18,22);6,8H,4-5H2,1-3H3,(H,13,15). The van der Waals surface area contributed by atoms with E-state index in [0.717, 1.165) is 47.4 Å². The molecule has 2 aliphatic rings. The van der Waals surface area contributed by atoms with Gasteiger partial charge in [-0.3, -0.25) is 14.5 Å². The van der Waals surface area contributed by atoms with Gasteiger partial charge in [0.05, 0.1) is 34.2 Å². The summed E-state index contributed by atoms with van der Waals surface area (Å²) in [6.07, 6.45) is 3.89. The van der Waals surface area contributed by atoms with Gasteiger partial charge in [-0.1, -0.05) is 32.9 Å². The number of aromatic hydroxyl groups is 1. The minimum atomic E-state index is -0.855.